The molecule has 1 aromatic carbocycles. The summed E-state index contributed by atoms with van der Waals surface area (Å²) in [7, 11) is 0. The van der Waals surface area contributed by atoms with Crippen LogP contribution in [0.1, 0.15) is 25.3 Å². The molecular weight excluding hydrogens is 188 g/mol. The van der Waals surface area contributed by atoms with Crippen LogP contribution in [-0.4, -0.2) is 5.97 Å². The van der Waals surface area contributed by atoms with E-state index in [0.717, 1.165) is 5.56 Å². The molecule has 1 aromatic rings. The normalized spacial score (nSPS) is 23.5. The summed E-state index contributed by atoms with van der Waals surface area (Å²) in [4.78, 5) is 11.4. The van der Waals surface area contributed by atoms with E-state index < -0.39 is 0 Å². The van der Waals surface area contributed by atoms with Crippen molar-refractivity contribution in [2.75, 3.05) is 0 Å². The van der Waals surface area contributed by atoms with Gasteiger partial charge in [0.2, 0.25) is 0 Å². The van der Waals surface area contributed by atoms with Gasteiger partial charge in [0.1, 0.15) is 6.61 Å². The Labute approximate surface area is 90.3 Å². The molecule has 0 radical (unpaired) electrons. The Bertz CT molecular complexity index is 332. The van der Waals surface area contributed by atoms with Crippen LogP contribution in [0.3, 0.4) is 0 Å². The van der Waals surface area contributed by atoms with E-state index in [1.807, 2.05) is 30.3 Å². The van der Waals surface area contributed by atoms with E-state index in [9.17, 15) is 4.79 Å². The lowest BCUT2D eigenvalue weighted by Gasteiger charge is -2.03. The minimum Gasteiger partial charge on any atom is -0.461 e. The van der Waals surface area contributed by atoms with Gasteiger partial charge in [-0.1, -0.05) is 37.3 Å². The third-order valence-corrected chi connectivity index (χ3v) is 2.95. The van der Waals surface area contributed by atoms with Crippen LogP contribution in [0.2, 0.25) is 0 Å². The molecule has 0 amide bonds. The van der Waals surface area contributed by atoms with Crippen molar-refractivity contribution in [2.45, 2.75) is 26.4 Å². The van der Waals surface area contributed by atoms with Crippen LogP contribution in [0, 0.1) is 11.8 Å². The number of hydrogen-bond donors (Lipinski definition) is 0. The number of benzene rings is 1. The Hall–Kier alpha value is -1.31. The summed E-state index contributed by atoms with van der Waals surface area (Å²) in [6.45, 7) is 2.58. The van der Waals surface area contributed by atoms with Gasteiger partial charge in [0.15, 0.2) is 0 Å². The first kappa shape index (κ1) is 10.2. The topological polar surface area (TPSA) is 26.3 Å². The molecule has 0 saturated heterocycles. The average molecular weight is 204 g/mol. The van der Waals surface area contributed by atoms with Gasteiger partial charge in [-0.3, -0.25) is 4.79 Å². The second-order valence-corrected chi connectivity index (χ2v) is 4.32. The van der Waals surface area contributed by atoms with E-state index in [1.54, 1.807) is 0 Å². The molecule has 0 aromatic heterocycles. The van der Waals surface area contributed by atoms with E-state index >= 15 is 0 Å². The number of carbonyl (C=O) groups excluding carboxylic acids is 1. The fourth-order valence-electron chi connectivity index (χ4n) is 1.69. The van der Waals surface area contributed by atoms with Crippen molar-refractivity contribution in [2.24, 2.45) is 11.8 Å². The monoisotopic (exact) mass is 204 g/mol. The van der Waals surface area contributed by atoms with Crippen LogP contribution in [-0.2, 0) is 16.1 Å². The number of rotatable bonds is 4. The van der Waals surface area contributed by atoms with Gasteiger partial charge < -0.3 is 4.74 Å². The highest BCUT2D eigenvalue weighted by atomic mass is 16.5. The fourth-order valence-corrected chi connectivity index (χ4v) is 1.69. The molecule has 2 atom stereocenters. The Balaban J connectivity index is 1.71. The third-order valence-electron chi connectivity index (χ3n) is 2.95. The van der Waals surface area contributed by atoms with E-state index in [0.29, 0.717) is 24.9 Å². The first-order chi connectivity index (χ1) is 7.25. The smallest absolute Gasteiger partial charge is 0.306 e. The average Bonchev–Trinajstić information content (AvgIpc) is 2.93. The van der Waals surface area contributed by atoms with Crippen molar-refractivity contribution in [3.05, 3.63) is 35.9 Å². The molecule has 1 aliphatic rings. The maximum absolute atomic E-state index is 11.4. The predicted octanol–water partition coefficient (Wildman–Crippen LogP) is 2.78. The summed E-state index contributed by atoms with van der Waals surface area (Å²) in [6, 6.07) is 9.79. The summed E-state index contributed by atoms with van der Waals surface area (Å²) < 4.78 is 5.19. The minimum atomic E-state index is -0.0618. The molecule has 0 unspecified atom stereocenters. The highest BCUT2D eigenvalue weighted by Gasteiger charge is 2.34. The maximum atomic E-state index is 11.4. The molecule has 0 bridgehead atoms. The number of carbonyl (C=O) groups is 1. The molecule has 1 fully saturated rings. The second-order valence-electron chi connectivity index (χ2n) is 4.32. The lowest BCUT2D eigenvalue weighted by molar-refractivity contribution is -0.145. The predicted molar refractivity (Wildman–Crippen MR) is 58.1 cm³/mol. The van der Waals surface area contributed by atoms with Crippen molar-refractivity contribution >= 4 is 5.97 Å². The molecule has 1 saturated carbocycles. The number of esters is 1. The van der Waals surface area contributed by atoms with Crippen molar-refractivity contribution in [1.82, 2.24) is 0 Å². The molecule has 2 nitrogen and oxygen atoms in total. The first-order valence-electron chi connectivity index (χ1n) is 5.45. The molecule has 2 rings (SSSR count). The lowest BCUT2D eigenvalue weighted by Crippen LogP contribution is -2.05. The van der Waals surface area contributed by atoms with Crippen LogP contribution < -0.4 is 0 Å². The van der Waals surface area contributed by atoms with Crippen LogP contribution >= 0.6 is 0 Å². The van der Waals surface area contributed by atoms with Crippen LogP contribution in [0.4, 0.5) is 0 Å². The van der Waals surface area contributed by atoms with Crippen LogP contribution in [0.5, 0.6) is 0 Å². The largest absolute Gasteiger partial charge is 0.461 e. The van der Waals surface area contributed by atoms with Crippen molar-refractivity contribution < 1.29 is 9.53 Å². The molecule has 0 spiro atoms. The van der Waals surface area contributed by atoms with E-state index in [2.05, 4.69) is 6.92 Å². The standard InChI is InChI=1S/C13H16O2/c1-10-7-12(10)8-13(14)15-9-11-5-3-2-4-6-11/h2-6,10,12H,7-9H2,1H3/t10-,12-/m0/s1. The summed E-state index contributed by atoms with van der Waals surface area (Å²) in [6.07, 6.45) is 1.77. The highest BCUT2D eigenvalue weighted by molar-refractivity contribution is 5.70. The maximum Gasteiger partial charge on any atom is 0.306 e. The SMILES string of the molecule is C[C@H]1C[C@H]1CC(=O)OCc1ccccc1. The molecule has 2 heteroatoms. The minimum absolute atomic E-state index is 0.0618. The van der Waals surface area contributed by atoms with Crippen LogP contribution in [0.25, 0.3) is 0 Å². The molecule has 80 valence electrons. The Morgan fingerprint density at radius 2 is 2.07 bits per heavy atom. The van der Waals surface area contributed by atoms with E-state index in [4.69, 9.17) is 4.74 Å². The summed E-state index contributed by atoms with van der Waals surface area (Å²) in [5, 5.41) is 0. The summed E-state index contributed by atoms with van der Waals surface area (Å²) in [5.41, 5.74) is 1.05. The molecule has 0 aliphatic heterocycles. The molecule has 0 heterocycles. The van der Waals surface area contributed by atoms with Gasteiger partial charge in [-0.15, -0.1) is 0 Å². The third kappa shape index (κ3) is 3.08. The molecule has 1 aliphatic carbocycles. The van der Waals surface area contributed by atoms with Gasteiger partial charge in [0, 0.05) is 6.42 Å². The molecular formula is C13H16O2. The fraction of sp³-hybridized carbons (Fsp3) is 0.462. The van der Waals surface area contributed by atoms with Crippen molar-refractivity contribution in [3.8, 4) is 0 Å². The Morgan fingerprint density at radius 1 is 1.40 bits per heavy atom. The second kappa shape index (κ2) is 4.47. The van der Waals surface area contributed by atoms with Crippen LogP contribution in [0.15, 0.2) is 30.3 Å². The molecule has 15 heavy (non-hydrogen) atoms. The van der Waals surface area contributed by atoms with Crippen molar-refractivity contribution in [1.29, 1.82) is 0 Å². The van der Waals surface area contributed by atoms with Gasteiger partial charge in [0.05, 0.1) is 0 Å². The lowest BCUT2D eigenvalue weighted by atomic mass is 10.2. The van der Waals surface area contributed by atoms with E-state index in [-0.39, 0.29) is 5.97 Å². The van der Waals surface area contributed by atoms with Gasteiger partial charge >= 0.3 is 5.97 Å². The number of ether oxygens (including phenoxy) is 1. The highest BCUT2D eigenvalue weighted by Crippen LogP contribution is 2.40. The Morgan fingerprint density at radius 3 is 2.67 bits per heavy atom. The summed E-state index contributed by atoms with van der Waals surface area (Å²) in [5.74, 6) is 1.23. The van der Waals surface area contributed by atoms with Gasteiger partial charge in [0.25, 0.3) is 0 Å². The Kier molecular flexibility index (Phi) is 3.05. The first-order valence-corrected chi connectivity index (χ1v) is 5.45. The molecule has 0 N–H and O–H groups in total. The van der Waals surface area contributed by atoms with Crippen molar-refractivity contribution in [3.63, 3.8) is 0 Å². The zero-order valence-electron chi connectivity index (χ0n) is 8.98. The summed E-state index contributed by atoms with van der Waals surface area (Å²) >= 11 is 0. The van der Waals surface area contributed by atoms with Gasteiger partial charge in [-0.05, 0) is 23.8 Å². The van der Waals surface area contributed by atoms with Gasteiger partial charge in [-0.2, -0.15) is 0 Å². The van der Waals surface area contributed by atoms with Gasteiger partial charge in [-0.25, -0.2) is 0 Å². The number of hydrogen-bond acceptors (Lipinski definition) is 2. The zero-order chi connectivity index (χ0) is 10.7. The quantitative estimate of drug-likeness (QED) is 0.705. The van der Waals surface area contributed by atoms with E-state index in [1.165, 1.54) is 6.42 Å². The zero-order valence-corrected chi connectivity index (χ0v) is 8.98.